The first kappa shape index (κ1) is 13.8. The average Bonchev–Trinajstić information content (AvgIpc) is 2.39. The van der Waals surface area contributed by atoms with Crippen molar-refractivity contribution in [3.63, 3.8) is 0 Å². The Morgan fingerprint density at radius 2 is 2.05 bits per heavy atom. The summed E-state index contributed by atoms with van der Waals surface area (Å²) in [6.07, 6.45) is 1.54. The minimum absolute atomic E-state index is 0.164. The Bertz CT molecular complexity index is 602. The van der Waals surface area contributed by atoms with Crippen molar-refractivity contribution in [1.29, 1.82) is 0 Å². The molecule has 0 fully saturated rings. The van der Waals surface area contributed by atoms with E-state index in [0.717, 1.165) is 5.56 Å². The summed E-state index contributed by atoms with van der Waals surface area (Å²) in [7, 11) is 0. The molecule has 0 saturated carbocycles. The van der Waals surface area contributed by atoms with Crippen LogP contribution in [0.15, 0.2) is 42.6 Å². The minimum atomic E-state index is -0.259. The first-order chi connectivity index (χ1) is 9.08. The molecule has 1 aromatic heterocycles. The maximum atomic E-state index is 12.1. The zero-order valence-corrected chi connectivity index (χ0v) is 11.7. The molecule has 98 valence electrons. The largest absolute Gasteiger partial charge is 0.345 e. The monoisotopic (exact) mass is 294 g/mol. The second-order valence-electron chi connectivity index (χ2n) is 4.09. The predicted molar refractivity (Wildman–Crippen MR) is 76.6 cm³/mol. The molecule has 2 aromatic rings. The lowest BCUT2D eigenvalue weighted by Gasteiger charge is -2.15. The van der Waals surface area contributed by atoms with Gasteiger partial charge in [-0.2, -0.15) is 0 Å². The van der Waals surface area contributed by atoms with Gasteiger partial charge in [-0.3, -0.25) is 4.79 Å². The van der Waals surface area contributed by atoms with Crippen LogP contribution in [0, 0.1) is 0 Å². The van der Waals surface area contributed by atoms with Crippen molar-refractivity contribution in [1.82, 2.24) is 10.3 Å². The van der Waals surface area contributed by atoms with Crippen molar-refractivity contribution < 1.29 is 4.79 Å². The lowest BCUT2D eigenvalue weighted by molar-refractivity contribution is 0.0939. The van der Waals surface area contributed by atoms with Gasteiger partial charge in [0.1, 0.15) is 5.15 Å². The molecule has 0 bridgehead atoms. The Kier molecular flexibility index (Phi) is 4.40. The van der Waals surface area contributed by atoms with Gasteiger partial charge in [0.05, 0.1) is 11.6 Å². The molecule has 5 heteroatoms. The number of halogens is 2. The van der Waals surface area contributed by atoms with Gasteiger partial charge >= 0.3 is 0 Å². The highest BCUT2D eigenvalue weighted by Crippen LogP contribution is 2.19. The molecule has 0 radical (unpaired) electrons. The van der Waals surface area contributed by atoms with Crippen LogP contribution < -0.4 is 5.32 Å². The third-order valence-corrected chi connectivity index (χ3v) is 3.24. The molecule has 0 spiro atoms. The number of hydrogen-bond donors (Lipinski definition) is 1. The second kappa shape index (κ2) is 6.04. The van der Waals surface area contributed by atoms with Crippen molar-refractivity contribution in [2.24, 2.45) is 0 Å². The van der Waals surface area contributed by atoms with Crippen molar-refractivity contribution in [2.75, 3.05) is 0 Å². The molecule has 19 heavy (non-hydrogen) atoms. The standard InChI is InChI=1S/C14H12Cl2N2O/c1-9(10-4-2-5-11(15)8-10)18-14(19)12-6-3-7-17-13(12)16/h2-9H,1H3,(H,18,19). The van der Waals surface area contributed by atoms with E-state index < -0.39 is 0 Å². The molecular weight excluding hydrogens is 283 g/mol. The van der Waals surface area contributed by atoms with Crippen LogP contribution in [0.25, 0.3) is 0 Å². The number of aromatic nitrogens is 1. The van der Waals surface area contributed by atoms with Crippen LogP contribution in [0.2, 0.25) is 10.2 Å². The number of rotatable bonds is 3. The average molecular weight is 295 g/mol. The quantitative estimate of drug-likeness (QED) is 0.873. The molecule has 0 aliphatic heterocycles. The number of carbonyl (C=O) groups is 1. The Hall–Kier alpha value is -1.58. The van der Waals surface area contributed by atoms with E-state index in [4.69, 9.17) is 23.2 Å². The fraction of sp³-hybridized carbons (Fsp3) is 0.143. The molecule has 1 atom stereocenters. The van der Waals surface area contributed by atoms with E-state index in [0.29, 0.717) is 10.6 Å². The lowest BCUT2D eigenvalue weighted by atomic mass is 10.1. The first-order valence-corrected chi connectivity index (χ1v) is 6.50. The first-order valence-electron chi connectivity index (χ1n) is 5.75. The van der Waals surface area contributed by atoms with Crippen LogP contribution >= 0.6 is 23.2 Å². The molecule has 0 aliphatic rings. The van der Waals surface area contributed by atoms with Gasteiger partial charge in [-0.15, -0.1) is 0 Å². The van der Waals surface area contributed by atoms with Crippen LogP contribution in [0.4, 0.5) is 0 Å². The van der Waals surface area contributed by atoms with Crippen LogP contribution in [0.3, 0.4) is 0 Å². The minimum Gasteiger partial charge on any atom is -0.345 e. The molecule has 1 amide bonds. The Morgan fingerprint density at radius 1 is 1.26 bits per heavy atom. The zero-order chi connectivity index (χ0) is 13.8. The third-order valence-electron chi connectivity index (χ3n) is 2.70. The fourth-order valence-electron chi connectivity index (χ4n) is 1.69. The Balaban J connectivity index is 2.13. The molecule has 3 nitrogen and oxygen atoms in total. The van der Waals surface area contributed by atoms with E-state index in [1.54, 1.807) is 24.4 Å². The fourth-order valence-corrected chi connectivity index (χ4v) is 2.09. The Morgan fingerprint density at radius 3 is 2.74 bits per heavy atom. The zero-order valence-electron chi connectivity index (χ0n) is 10.2. The molecule has 1 aromatic carbocycles. The molecule has 1 N–H and O–H groups in total. The van der Waals surface area contributed by atoms with Crippen LogP contribution in [0.1, 0.15) is 28.9 Å². The van der Waals surface area contributed by atoms with Gasteiger partial charge < -0.3 is 5.32 Å². The maximum absolute atomic E-state index is 12.1. The number of benzene rings is 1. The van der Waals surface area contributed by atoms with E-state index >= 15 is 0 Å². The summed E-state index contributed by atoms with van der Waals surface area (Å²) in [5.41, 5.74) is 1.29. The van der Waals surface area contributed by atoms with Crippen LogP contribution in [0.5, 0.6) is 0 Å². The van der Waals surface area contributed by atoms with Crippen molar-refractivity contribution in [3.05, 3.63) is 63.9 Å². The van der Waals surface area contributed by atoms with Gasteiger partial charge in [0.25, 0.3) is 5.91 Å². The van der Waals surface area contributed by atoms with Crippen LogP contribution in [-0.4, -0.2) is 10.9 Å². The lowest BCUT2D eigenvalue weighted by Crippen LogP contribution is -2.27. The molecule has 0 saturated heterocycles. The van der Waals surface area contributed by atoms with Gasteiger partial charge in [-0.1, -0.05) is 35.3 Å². The van der Waals surface area contributed by atoms with Gasteiger partial charge in [-0.25, -0.2) is 4.98 Å². The normalized spacial score (nSPS) is 11.9. The molecule has 2 rings (SSSR count). The van der Waals surface area contributed by atoms with E-state index in [9.17, 15) is 4.79 Å². The van der Waals surface area contributed by atoms with Gasteiger partial charge in [0, 0.05) is 11.2 Å². The van der Waals surface area contributed by atoms with Crippen molar-refractivity contribution >= 4 is 29.1 Å². The van der Waals surface area contributed by atoms with Gasteiger partial charge in [-0.05, 0) is 36.8 Å². The van der Waals surface area contributed by atoms with E-state index in [2.05, 4.69) is 10.3 Å². The summed E-state index contributed by atoms with van der Waals surface area (Å²) < 4.78 is 0. The van der Waals surface area contributed by atoms with E-state index in [1.807, 2.05) is 25.1 Å². The van der Waals surface area contributed by atoms with E-state index in [-0.39, 0.29) is 17.1 Å². The van der Waals surface area contributed by atoms with Gasteiger partial charge in [0.15, 0.2) is 0 Å². The van der Waals surface area contributed by atoms with Crippen molar-refractivity contribution in [2.45, 2.75) is 13.0 Å². The number of nitrogens with one attached hydrogen (secondary N) is 1. The summed E-state index contributed by atoms with van der Waals surface area (Å²) >= 11 is 11.8. The number of amides is 1. The SMILES string of the molecule is CC(NC(=O)c1cccnc1Cl)c1cccc(Cl)c1. The highest BCUT2D eigenvalue weighted by atomic mass is 35.5. The van der Waals surface area contributed by atoms with E-state index in [1.165, 1.54) is 0 Å². The highest BCUT2D eigenvalue weighted by Gasteiger charge is 2.14. The molecule has 0 aliphatic carbocycles. The topological polar surface area (TPSA) is 42.0 Å². The number of pyridine rings is 1. The molecular formula is C14H12Cl2N2O. The highest BCUT2D eigenvalue weighted by molar-refractivity contribution is 6.32. The van der Waals surface area contributed by atoms with Crippen LogP contribution in [-0.2, 0) is 0 Å². The molecule has 1 unspecified atom stereocenters. The Labute approximate surface area is 121 Å². The predicted octanol–water partition coefficient (Wildman–Crippen LogP) is 3.88. The summed E-state index contributed by atoms with van der Waals surface area (Å²) in [4.78, 5) is 15.9. The third kappa shape index (κ3) is 3.46. The van der Waals surface area contributed by atoms with Gasteiger partial charge in [0.2, 0.25) is 0 Å². The summed E-state index contributed by atoms with van der Waals surface area (Å²) in [5.74, 6) is -0.259. The van der Waals surface area contributed by atoms with Crippen molar-refractivity contribution in [3.8, 4) is 0 Å². The second-order valence-corrected chi connectivity index (χ2v) is 4.89. The number of carbonyl (C=O) groups excluding carboxylic acids is 1. The smallest absolute Gasteiger partial charge is 0.254 e. The number of hydrogen-bond acceptors (Lipinski definition) is 2. The number of nitrogens with zero attached hydrogens (tertiary/aromatic N) is 1. The summed E-state index contributed by atoms with van der Waals surface area (Å²) in [6, 6.07) is 10.5. The summed E-state index contributed by atoms with van der Waals surface area (Å²) in [6.45, 7) is 1.88. The summed E-state index contributed by atoms with van der Waals surface area (Å²) in [5, 5.41) is 3.69. The maximum Gasteiger partial charge on any atom is 0.254 e. The molecule has 1 heterocycles.